The number of ether oxygens (including phenoxy) is 2. The van der Waals surface area contributed by atoms with E-state index in [2.05, 4.69) is 16.4 Å². The van der Waals surface area contributed by atoms with E-state index >= 15 is 0 Å². The third kappa shape index (κ3) is 16.6. The van der Waals surface area contributed by atoms with Gasteiger partial charge < -0.3 is 16.4 Å². The Bertz CT molecular complexity index is 142. The van der Waals surface area contributed by atoms with Gasteiger partial charge in [-0.05, 0) is 13.8 Å². The Hall–Kier alpha value is -0.0861. The minimum Gasteiger partial charge on any atom is -0.488 e. The molecule has 0 aromatic rings. The van der Waals surface area contributed by atoms with Crippen molar-refractivity contribution in [2.45, 2.75) is 27.2 Å². The van der Waals surface area contributed by atoms with E-state index in [9.17, 15) is 9.59 Å². The molecule has 4 nitrogen and oxygen atoms in total. The minimum absolute atomic E-state index is 0. The Balaban J connectivity index is -0.000000449. The zero-order valence-corrected chi connectivity index (χ0v) is 12.5. The van der Waals surface area contributed by atoms with Gasteiger partial charge in [0.15, 0.2) is 5.97 Å². The fourth-order valence-electron chi connectivity index (χ4n) is 0.588. The van der Waals surface area contributed by atoms with E-state index < -0.39 is 11.9 Å². The largest absolute Gasteiger partial charge is 0.488 e. The Morgan fingerprint density at radius 1 is 1.13 bits per heavy atom. The first-order valence-corrected chi connectivity index (χ1v) is 4.57. The van der Waals surface area contributed by atoms with Gasteiger partial charge in [-0.25, -0.2) is 0 Å². The zero-order valence-electron chi connectivity index (χ0n) is 9.62. The Kier molecular flexibility index (Phi) is 22.2. The molecule has 0 unspecified atom stereocenters. The third-order valence-electron chi connectivity index (χ3n) is 1.03. The molecule has 0 aliphatic carbocycles. The number of carbonyl (C=O) groups excluding carboxylic acids is 2. The van der Waals surface area contributed by atoms with Crippen LogP contribution in [-0.2, 0) is 51.8 Å². The van der Waals surface area contributed by atoms with Gasteiger partial charge in [-0.3, -0.25) is 16.0 Å². The summed E-state index contributed by atoms with van der Waals surface area (Å²) in [7, 11) is 0. The van der Waals surface area contributed by atoms with E-state index in [1.165, 1.54) is 6.42 Å². The van der Waals surface area contributed by atoms with E-state index in [1.54, 1.807) is 20.8 Å². The molecule has 0 bridgehead atoms. The molecule has 87 valence electrons. The van der Waals surface area contributed by atoms with Gasteiger partial charge in [0, 0.05) is 32.7 Å². The molecule has 0 saturated heterocycles. The standard InChI is InChI=1S/C8H13O4.C2H5.Y/c1-3-11-7(9)5-6-8(10)12-4-2;1-2;/h5H,3-4,6H2,1-2H3;1H2,2H3;/q2*-1;. The number of carbonyl (C=O) groups is 2. The predicted octanol–water partition coefficient (Wildman–Crippen LogP) is 1.54. The molecular weight excluding hydrogens is 273 g/mol. The minimum atomic E-state index is -0.481. The van der Waals surface area contributed by atoms with Crippen LogP contribution in [0.15, 0.2) is 0 Å². The van der Waals surface area contributed by atoms with Crippen molar-refractivity contribution in [3.63, 3.8) is 0 Å². The van der Waals surface area contributed by atoms with E-state index in [1.807, 2.05) is 0 Å². The maximum Gasteiger partial charge on any atom is 0.278 e. The molecule has 0 aromatic heterocycles. The van der Waals surface area contributed by atoms with Crippen LogP contribution in [0.1, 0.15) is 27.2 Å². The van der Waals surface area contributed by atoms with Gasteiger partial charge in [-0.1, -0.05) is 6.42 Å². The maximum atomic E-state index is 10.7. The average Bonchev–Trinajstić information content (AvgIpc) is 2.19. The fraction of sp³-hybridized carbons (Fsp3) is 0.600. The normalized spacial score (nSPS) is 7.47. The van der Waals surface area contributed by atoms with Crippen molar-refractivity contribution in [2.24, 2.45) is 0 Å². The molecule has 5 heteroatoms. The zero-order chi connectivity index (χ0) is 11.4. The van der Waals surface area contributed by atoms with Crippen molar-refractivity contribution in [3.8, 4) is 0 Å². The topological polar surface area (TPSA) is 52.6 Å². The molecule has 0 rings (SSSR count). The van der Waals surface area contributed by atoms with Crippen LogP contribution >= 0.6 is 0 Å². The van der Waals surface area contributed by atoms with Gasteiger partial charge in [-0.2, -0.15) is 6.92 Å². The Morgan fingerprint density at radius 2 is 1.60 bits per heavy atom. The summed E-state index contributed by atoms with van der Waals surface area (Å²) >= 11 is 0. The molecule has 0 amide bonds. The molecule has 0 spiro atoms. The van der Waals surface area contributed by atoms with Gasteiger partial charge in [0.2, 0.25) is 0 Å². The van der Waals surface area contributed by atoms with Crippen molar-refractivity contribution in [1.82, 2.24) is 0 Å². The summed E-state index contributed by atoms with van der Waals surface area (Å²) in [5.41, 5.74) is 0. The Morgan fingerprint density at radius 3 is 2.00 bits per heavy atom. The smallest absolute Gasteiger partial charge is 0.278 e. The monoisotopic (exact) mass is 291 g/mol. The summed E-state index contributed by atoms with van der Waals surface area (Å²) in [5.74, 6) is -0.892. The van der Waals surface area contributed by atoms with Gasteiger partial charge in [0.05, 0.1) is 13.2 Å². The maximum absolute atomic E-state index is 10.7. The first-order valence-electron chi connectivity index (χ1n) is 4.57. The van der Waals surface area contributed by atoms with Crippen LogP contribution in [0.2, 0.25) is 0 Å². The Labute approximate surface area is 117 Å². The van der Waals surface area contributed by atoms with Gasteiger partial charge in [-0.15, -0.1) is 0 Å². The average molecular weight is 291 g/mol. The first kappa shape index (κ1) is 20.3. The van der Waals surface area contributed by atoms with Crippen LogP contribution in [-0.4, -0.2) is 25.2 Å². The summed E-state index contributed by atoms with van der Waals surface area (Å²) in [5, 5.41) is 0. The van der Waals surface area contributed by atoms with Crippen molar-refractivity contribution in [2.75, 3.05) is 13.2 Å². The number of esters is 2. The summed E-state index contributed by atoms with van der Waals surface area (Å²) in [6.07, 6.45) is 1.15. The molecular formula is C10H18O4Y-2. The molecule has 15 heavy (non-hydrogen) atoms. The number of hydrogen-bond donors (Lipinski definition) is 0. The van der Waals surface area contributed by atoms with Gasteiger partial charge in [0.25, 0.3) is 5.97 Å². The van der Waals surface area contributed by atoms with Crippen LogP contribution < -0.4 is 0 Å². The van der Waals surface area contributed by atoms with E-state index in [4.69, 9.17) is 0 Å². The second-order valence-electron chi connectivity index (χ2n) is 1.97. The second-order valence-corrected chi connectivity index (χ2v) is 1.97. The second kappa shape index (κ2) is 16.3. The molecule has 0 aromatic carbocycles. The summed E-state index contributed by atoms with van der Waals surface area (Å²) in [6, 6.07) is 0. The summed E-state index contributed by atoms with van der Waals surface area (Å²) in [6.45, 7) is 9.06. The fourth-order valence-corrected chi connectivity index (χ4v) is 0.588. The van der Waals surface area contributed by atoms with Crippen LogP contribution in [0.5, 0.6) is 0 Å². The van der Waals surface area contributed by atoms with E-state index in [0.717, 1.165) is 0 Å². The molecule has 1 radical (unpaired) electrons. The molecule has 0 heterocycles. The SMILES string of the molecule is CCOC(=O)[CH-]CC(=O)OCC.[CH2-]C.[Y]. The van der Waals surface area contributed by atoms with Gasteiger partial charge in [0.1, 0.15) is 0 Å². The molecule has 0 fully saturated rings. The van der Waals surface area contributed by atoms with Crippen molar-refractivity contribution in [1.29, 1.82) is 0 Å². The van der Waals surface area contributed by atoms with Crippen LogP contribution in [0.25, 0.3) is 0 Å². The van der Waals surface area contributed by atoms with E-state index in [-0.39, 0.29) is 39.1 Å². The van der Waals surface area contributed by atoms with Crippen molar-refractivity contribution >= 4 is 11.9 Å². The van der Waals surface area contributed by atoms with Crippen LogP contribution in [0, 0.1) is 13.3 Å². The number of rotatable bonds is 5. The van der Waals surface area contributed by atoms with Crippen molar-refractivity contribution < 1.29 is 51.8 Å². The first-order chi connectivity index (χ1) is 6.70. The predicted molar refractivity (Wildman–Crippen MR) is 53.2 cm³/mol. The third-order valence-corrected chi connectivity index (χ3v) is 1.03. The summed E-state index contributed by atoms with van der Waals surface area (Å²) in [4.78, 5) is 21.4. The van der Waals surface area contributed by atoms with Gasteiger partial charge >= 0.3 is 0 Å². The number of hydrogen-bond acceptors (Lipinski definition) is 4. The quantitative estimate of drug-likeness (QED) is 0.569. The molecule has 0 aliphatic rings. The van der Waals surface area contributed by atoms with Crippen molar-refractivity contribution in [3.05, 3.63) is 13.3 Å². The molecule has 0 atom stereocenters. The summed E-state index contributed by atoms with van der Waals surface area (Å²) < 4.78 is 9.16. The van der Waals surface area contributed by atoms with E-state index in [0.29, 0.717) is 13.2 Å². The van der Waals surface area contributed by atoms with Crippen LogP contribution in [0.4, 0.5) is 0 Å². The molecule has 0 aliphatic heterocycles. The molecule has 0 saturated carbocycles. The van der Waals surface area contributed by atoms with Crippen LogP contribution in [0.3, 0.4) is 0 Å². The molecule has 0 N–H and O–H groups in total.